The maximum Gasteiger partial charge on any atom is 0.189 e. The summed E-state index contributed by atoms with van der Waals surface area (Å²) in [6.45, 7) is 10.2. The van der Waals surface area contributed by atoms with Crippen LogP contribution < -0.4 is 14.2 Å². The first-order valence-corrected chi connectivity index (χ1v) is 8.94. The molecule has 0 heterocycles. The summed E-state index contributed by atoms with van der Waals surface area (Å²) >= 11 is 0. The van der Waals surface area contributed by atoms with Gasteiger partial charge in [0.25, 0.3) is 0 Å². The van der Waals surface area contributed by atoms with Gasteiger partial charge in [0.1, 0.15) is 5.75 Å². The van der Waals surface area contributed by atoms with E-state index < -0.39 is 0 Å². The van der Waals surface area contributed by atoms with Crippen molar-refractivity contribution in [3.05, 3.63) is 40.5 Å². The van der Waals surface area contributed by atoms with Crippen LogP contribution in [0.25, 0.3) is 0 Å². The summed E-state index contributed by atoms with van der Waals surface area (Å²) in [5, 5.41) is 0. The average Bonchev–Trinajstić information content (AvgIpc) is 2.58. The van der Waals surface area contributed by atoms with Crippen LogP contribution in [0.4, 0.5) is 0 Å². The number of hydrogen-bond acceptors (Lipinski definition) is 4. The number of allylic oxidation sites excluding steroid dienone is 4. The normalized spacial score (nSPS) is 11.3. The number of ether oxygens (including phenoxy) is 3. The first-order valence-electron chi connectivity index (χ1n) is 8.94. The zero-order chi connectivity index (χ0) is 19.9. The molecule has 4 nitrogen and oxygen atoms in total. The molecule has 1 aromatic rings. The summed E-state index contributed by atoms with van der Waals surface area (Å²) in [5.74, 6) is 1.73. The molecule has 144 valence electrons. The lowest BCUT2D eigenvalue weighted by atomic mass is 9.94. The molecule has 1 aromatic carbocycles. The zero-order valence-electron chi connectivity index (χ0n) is 17.4. The molecular weight excluding hydrogens is 328 g/mol. The lowest BCUT2D eigenvalue weighted by Crippen LogP contribution is -2.08. The number of ketones is 1. The van der Waals surface area contributed by atoms with Gasteiger partial charge in [0.2, 0.25) is 0 Å². The minimum absolute atomic E-state index is 0.0839. The van der Waals surface area contributed by atoms with E-state index in [9.17, 15) is 4.79 Å². The SMILES string of the molecule is COc1cc(C(=O)/C=C(\C)CCC=C(C)C)c(OC)c(C(C)C)c1OC. The number of carbonyl (C=O) groups excluding carboxylic acids is 1. The molecule has 0 fully saturated rings. The Bertz CT molecular complexity index is 693. The Balaban J connectivity index is 3.36. The number of rotatable bonds is 9. The highest BCUT2D eigenvalue weighted by molar-refractivity contribution is 6.08. The maximum absolute atomic E-state index is 12.9. The van der Waals surface area contributed by atoms with E-state index in [2.05, 4.69) is 19.9 Å². The van der Waals surface area contributed by atoms with Crippen LogP contribution >= 0.6 is 0 Å². The molecule has 0 N–H and O–H groups in total. The Labute approximate surface area is 157 Å². The van der Waals surface area contributed by atoms with Gasteiger partial charge in [-0.05, 0) is 51.7 Å². The molecule has 0 aliphatic rings. The number of benzene rings is 1. The molecule has 1 rings (SSSR count). The average molecular weight is 360 g/mol. The number of hydrogen-bond donors (Lipinski definition) is 0. The molecule has 0 aliphatic carbocycles. The van der Waals surface area contributed by atoms with Crippen molar-refractivity contribution >= 4 is 5.78 Å². The maximum atomic E-state index is 12.9. The van der Waals surface area contributed by atoms with Crippen LogP contribution in [-0.4, -0.2) is 27.1 Å². The van der Waals surface area contributed by atoms with Crippen LogP contribution in [0.3, 0.4) is 0 Å². The Kier molecular flexibility index (Phi) is 8.43. The molecule has 0 saturated carbocycles. The number of carbonyl (C=O) groups is 1. The van der Waals surface area contributed by atoms with Gasteiger partial charge >= 0.3 is 0 Å². The van der Waals surface area contributed by atoms with Gasteiger partial charge in [0, 0.05) is 5.56 Å². The number of methoxy groups -OCH3 is 3. The standard InChI is InChI=1S/C22H32O4/c1-14(2)10-9-11-16(5)12-18(23)17-13-19(24-6)22(26-8)20(15(3)4)21(17)25-7/h10,12-13,15H,9,11H2,1-8H3/b16-12+. The highest BCUT2D eigenvalue weighted by Crippen LogP contribution is 2.44. The summed E-state index contributed by atoms with van der Waals surface area (Å²) < 4.78 is 16.6. The van der Waals surface area contributed by atoms with Gasteiger partial charge < -0.3 is 14.2 Å². The summed E-state index contributed by atoms with van der Waals surface area (Å²) in [5.41, 5.74) is 3.66. The molecule has 0 aromatic heterocycles. The van der Waals surface area contributed by atoms with Gasteiger partial charge in [-0.15, -0.1) is 0 Å². The summed E-state index contributed by atoms with van der Waals surface area (Å²) in [7, 11) is 4.75. The molecule has 4 heteroatoms. The van der Waals surface area contributed by atoms with Crippen molar-refractivity contribution in [2.75, 3.05) is 21.3 Å². The highest BCUT2D eigenvalue weighted by Gasteiger charge is 2.25. The van der Waals surface area contributed by atoms with Crippen molar-refractivity contribution in [3.8, 4) is 17.2 Å². The third-order valence-electron chi connectivity index (χ3n) is 4.17. The second kappa shape index (κ2) is 10.0. The molecule has 0 bridgehead atoms. The monoisotopic (exact) mass is 360 g/mol. The van der Waals surface area contributed by atoms with Crippen molar-refractivity contribution in [3.63, 3.8) is 0 Å². The van der Waals surface area contributed by atoms with E-state index in [-0.39, 0.29) is 11.7 Å². The quantitative estimate of drug-likeness (QED) is 0.321. The smallest absolute Gasteiger partial charge is 0.189 e. The first-order chi connectivity index (χ1) is 12.3. The van der Waals surface area contributed by atoms with Crippen molar-refractivity contribution < 1.29 is 19.0 Å². The third-order valence-corrected chi connectivity index (χ3v) is 4.17. The fourth-order valence-electron chi connectivity index (χ4n) is 2.89. The molecule has 0 aliphatic heterocycles. The van der Waals surface area contributed by atoms with Gasteiger partial charge in [0.05, 0.1) is 26.9 Å². The zero-order valence-corrected chi connectivity index (χ0v) is 17.4. The molecule has 0 radical (unpaired) electrons. The summed E-state index contributed by atoms with van der Waals surface area (Å²) in [6, 6.07) is 1.70. The van der Waals surface area contributed by atoms with E-state index in [1.807, 2.05) is 20.8 Å². The molecule has 0 amide bonds. The van der Waals surface area contributed by atoms with Crippen LogP contribution in [0.2, 0.25) is 0 Å². The minimum Gasteiger partial charge on any atom is -0.496 e. The lowest BCUT2D eigenvalue weighted by Gasteiger charge is -2.21. The van der Waals surface area contributed by atoms with Gasteiger partial charge in [-0.3, -0.25) is 4.79 Å². The molecular formula is C22H32O4. The summed E-state index contributed by atoms with van der Waals surface area (Å²) in [6.07, 6.45) is 5.64. The van der Waals surface area contributed by atoms with Crippen LogP contribution in [-0.2, 0) is 0 Å². The fraction of sp³-hybridized carbons (Fsp3) is 0.500. The van der Waals surface area contributed by atoms with Gasteiger partial charge in [0.15, 0.2) is 17.3 Å². The molecule has 0 spiro atoms. The molecule has 0 saturated heterocycles. The highest BCUT2D eigenvalue weighted by atomic mass is 16.5. The van der Waals surface area contributed by atoms with E-state index >= 15 is 0 Å². The van der Waals surface area contributed by atoms with Crippen LogP contribution in [0.15, 0.2) is 29.4 Å². The predicted molar refractivity (Wildman–Crippen MR) is 107 cm³/mol. The van der Waals surface area contributed by atoms with Crippen molar-refractivity contribution in [1.29, 1.82) is 0 Å². The predicted octanol–water partition coefficient (Wildman–Crippen LogP) is 5.71. The topological polar surface area (TPSA) is 44.8 Å². The Morgan fingerprint density at radius 2 is 1.65 bits per heavy atom. The van der Waals surface area contributed by atoms with Crippen LogP contribution in [0.1, 0.15) is 69.3 Å². The molecule has 0 unspecified atom stereocenters. The van der Waals surface area contributed by atoms with Gasteiger partial charge in [-0.2, -0.15) is 0 Å². The third kappa shape index (κ3) is 5.38. The second-order valence-corrected chi connectivity index (χ2v) is 6.94. The van der Waals surface area contributed by atoms with Gasteiger partial charge in [-0.1, -0.05) is 31.1 Å². The van der Waals surface area contributed by atoms with Crippen LogP contribution in [0.5, 0.6) is 17.2 Å². The van der Waals surface area contributed by atoms with E-state index in [4.69, 9.17) is 14.2 Å². The van der Waals surface area contributed by atoms with E-state index in [1.54, 1.807) is 33.5 Å². The van der Waals surface area contributed by atoms with Crippen molar-refractivity contribution in [1.82, 2.24) is 0 Å². The summed E-state index contributed by atoms with van der Waals surface area (Å²) in [4.78, 5) is 12.9. The van der Waals surface area contributed by atoms with Crippen LogP contribution in [0, 0.1) is 0 Å². The lowest BCUT2D eigenvalue weighted by molar-refractivity contribution is 0.104. The van der Waals surface area contributed by atoms with Crippen molar-refractivity contribution in [2.24, 2.45) is 0 Å². The van der Waals surface area contributed by atoms with E-state index in [0.29, 0.717) is 22.8 Å². The Morgan fingerprint density at radius 3 is 2.12 bits per heavy atom. The van der Waals surface area contributed by atoms with Gasteiger partial charge in [-0.25, -0.2) is 0 Å². The largest absolute Gasteiger partial charge is 0.496 e. The minimum atomic E-state index is -0.0839. The van der Waals surface area contributed by atoms with E-state index in [0.717, 1.165) is 24.0 Å². The van der Waals surface area contributed by atoms with E-state index in [1.165, 1.54) is 5.57 Å². The second-order valence-electron chi connectivity index (χ2n) is 6.94. The Morgan fingerprint density at radius 1 is 1.04 bits per heavy atom. The molecule has 0 atom stereocenters. The molecule has 26 heavy (non-hydrogen) atoms. The first kappa shape index (κ1) is 21.8. The van der Waals surface area contributed by atoms with Crippen molar-refractivity contribution in [2.45, 2.75) is 53.4 Å². The Hall–Kier alpha value is -2.23. The fourth-order valence-corrected chi connectivity index (χ4v) is 2.89.